The summed E-state index contributed by atoms with van der Waals surface area (Å²) in [5.41, 5.74) is 0.273. The zero-order chi connectivity index (χ0) is 13.1. The molecule has 6 heteroatoms. The molecule has 2 N–H and O–H groups in total. The summed E-state index contributed by atoms with van der Waals surface area (Å²) in [5.74, 6) is -0.768. The maximum Gasteiger partial charge on any atom is 0.228 e. The number of hydrogen-bond acceptors (Lipinski definition) is 2. The second kappa shape index (κ2) is 5.87. The third-order valence-corrected chi connectivity index (χ3v) is 3.52. The highest BCUT2D eigenvalue weighted by atomic mass is 35.5. The van der Waals surface area contributed by atoms with E-state index in [1.54, 1.807) is 0 Å². The van der Waals surface area contributed by atoms with Gasteiger partial charge in [-0.25, -0.2) is 4.39 Å². The van der Waals surface area contributed by atoms with Crippen LogP contribution in [0.25, 0.3) is 0 Å². The van der Waals surface area contributed by atoms with Crippen molar-refractivity contribution >= 4 is 34.8 Å². The van der Waals surface area contributed by atoms with E-state index in [-0.39, 0.29) is 27.6 Å². The van der Waals surface area contributed by atoms with Gasteiger partial charge in [0.1, 0.15) is 5.82 Å². The van der Waals surface area contributed by atoms with Gasteiger partial charge in [0.25, 0.3) is 0 Å². The fourth-order valence-corrected chi connectivity index (χ4v) is 2.52. The third-order valence-electron chi connectivity index (χ3n) is 2.92. The van der Waals surface area contributed by atoms with Crippen LogP contribution in [0.5, 0.6) is 0 Å². The Morgan fingerprint density at radius 1 is 1.39 bits per heavy atom. The van der Waals surface area contributed by atoms with Crippen molar-refractivity contribution in [2.75, 3.05) is 18.4 Å². The molecular weight excluding hydrogens is 278 g/mol. The molecule has 0 aromatic heterocycles. The molecular formula is C12H13Cl2FN2O. The Labute approximate surface area is 115 Å². The number of rotatable bonds is 2. The maximum atomic E-state index is 13.0. The number of amides is 1. The van der Waals surface area contributed by atoms with E-state index in [0.29, 0.717) is 6.54 Å². The van der Waals surface area contributed by atoms with Crippen molar-refractivity contribution in [2.24, 2.45) is 5.92 Å². The lowest BCUT2D eigenvalue weighted by Crippen LogP contribution is -2.37. The number of halogens is 3. The molecule has 1 aromatic rings. The maximum absolute atomic E-state index is 13.0. The summed E-state index contributed by atoms with van der Waals surface area (Å²) >= 11 is 11.7. The minimum Gasteiger partial charge on any atom is -0.323 e. The number of benzene rings is 1. The smallest absolute Gasteiger partial charge is 0.228 e. The molecule has 1 atom stereocenters. The summed E-state index contributed by atoms with van der Waals surface area (Å²) in [4.78, 5) is 12.0. The molecule has 0 aliphatic carbocycles. The Hall–Kier alpha value is -0.840. The van der Waals surface area contributed by atoms with Crippen molar-refractivity contribution in [3.63, 3.8) is 0 Å². The molecule has 1 fully saturated rings. The molecule has 1 amide bonds. The van der Waals surface area contributed by atoms with Crippen LogP contribution >= 0.6 is 23.2 Å². The predicted octanol–water partition coefficient (Wildman–Crippen LogP) is 3.07. The first-order chi connectivity index (χ1) is 8.58. The Kier molecular flexibility index (Phi) is 4.43. The topological polar surface area (TPSA) is 41.1 Å². The zero-order valence-corrected chi connectivity index (χ0v) is 11.1. The van der Waals surface area contributed by atoms with Gasteiger partial charge in [0, 0.05) is 6.54 Å². The average molecular weight is 291 g/mol. The Balaban J connectivity index is 2.11. The van der Waals surface area contributed by atoms with Crippen molar-refractivity contribution in [1.29, 1.82) is 0 Å². The molecule has 0 radical (unpaired) electrons. The van der Waals surface area contributed by atoms with Crippen LogP contribution in [0, 0.1) is 11.7 Å². The number of nitrogens with one attached hydrogen (secondary N) is 2. The van der Waals surface area contributed by atoms with Crippen LogP contribution in [0.3, 0.4) is 0 Å². The molecule has 3 nitrogen and oxygen atoms in total. The Bertz CT molecular complexity index is 438. The second-order valence-corrected chi connectivity index (χ2v) is 5.09. The quantitative estimate of drug-likeness (QED) is 0.879. The molecule has 0 saturated carbocycles. The van der Waals surface area contributed by atoms with Crippen LogP contribution in [0.1, 0.15) is 12.8 Å². The summed E-state index contributed by atoms with van der Waals surface area (Å²) < 4.78 is 13.0. The van der Waals surface area contributed by atoms with Crippen molar-refractivity contribution in [1.82, 2.24) is 5.32 Å². The van der Waals surface area contributed by atoms with Crippen LogP contribution in [0.2, 0.25) is 10.0 Å². The molecule has 2 rings (SSSR count). The molecule has 98 valence electrons. The summed E-state index contributed by atoms with van der Waals surface area (Å²) in [5, 5.41) is 6.04. The summed E-state index contributed by atoms with van der Waals surface area (Å²) in [6, 6.07) is 2.25. The highest BCUT2D eigenvalue weighted by Gasteiger charge is 2.22. The van der Waals surface area contributed by atoms with Crippen LogP contribution in [0.4, 0.5) is 10.1 Å². The van der Waals surface area contributed by atoms with Gasteiger partial charge in [-0.1, -0.05) is 23.2 Å². The van der Waals surface area contributed by atoms with Gasteiger partial charge >= 0.3 is 0 Å². The van der Waals surface area contributed by atoms with Gasteiger partial charge in [-0.3, -0.25) is 4.79 Å². The number of piperidine rings is 1. The summed E-state index contributed by atoms with van der Waals surface area (Å²) in [6.45, 7) is 1.57. The van der Waals surface area contributed by atoms with E-state index in [9.17, 15) is 9.18 Å². The number of anilines is 1. The average Bonchev–Trinajstić information content (AvgIpc) is 2.34. The van der Waals surface area contributed by atoms with E-state index in [0.717, 1.165) is 31.5 Å². The van der Waals surface area contributed by atoms with Gasteiger partial charge in [0.15, 0.2) is 0 Å². The van der Waals surface area contributed by atoms with Gasteiger partial charge in [-0.15, -0.1) is 0 Å². The lowest BCUT2D eigenvalue weighted by Gasteiger charge is -2.22. The molecule has 1 aromatic carbocycles. The van der Waals surface area contributed by atoms with Crippen LogP contribution in [-0.2, 0) is 4.79 Å². The summed E-state index contributed by atoms with van der Waals surface area (Å²) in [7, 11) is 0. The van der Waals surface area contributed by atoms with Crippen molar-refractivity contribution in [2.45, 2.75) is 12.8 Å². The first-order valence-electron chi connectivity index (χ1n) is 5.74. The van der Waals surface area contributed by atoms with Crippen LogP contribution in [0.15, 0.2) is 12.1 Å². The first kappa shape index (κ1) is 13.6. The lowest BCUT2D eigenvalue weighted by molar-refractivity contribution is -0.120. The van der Waals surface area contributed by atoms with E-state index in [2.05, 4.69) is 10.6 Å². The van der Waals surface area contributed by atoms with Crippen molar-refractivity contribution in [3.05, 3.63) is 28.0 Å². The van der Waals surface area contributed by atoms with E-state index < -0.39 is 5.82 Å². The first-order valence-corrected chi connectivity index (χ1v) is 6.49. The largest absolute Gasteiger partial charge is 0.323 e. The van der Waals surface area contributed by atoms with Gasteiger partial charge in [0.05, 0.1) is 21.7 Å². The molecule has 0 bridgehead atoms. The standard InChI is InChI=1S/C12H13Cl2FN2O/c13-9-4-8(15)5-10(14)11(9)17-12(18)7-2-1-3-16-6-7/h4-5,7,16H,1-3,6H2,(H,17,18)/t7-/m0/s1. The van der Waals surface area contributed by atoms with Gasteiger partial charge in [0.2, 0.25) is 5.91 Å². The minimum absolute atomic E-state index is 0.101. The summed E-state index contributed by atoms with van der Waals surface area (Å²) in [6.07, 6.45) is 1.79. The van der Waals surface area contributed by atoms with Crippen LogP contribution < -0.4 is 10.6 Å². The number of hydrogen-bond donors (Lipinski definition) is 2. The SMILES string of the molecule is O=C(Nc1c(Cl)cc(F)cc1Cl)[C@H]1CCCNC1. The highest BCUT2D eigenvalue weighted by Crippen LogP contribution is 2.32. The molecule has 1 heterocycles. The fraction of sp³-hybridized carbons (Fsp3) is 0.417. The predicted molar refractivity (Wildman–Crippen MR) is 70.6 cm³/mol. The van der Waals surface area contributed by atoms with Gasteiger partial charge < -0.3 is 10.6 Å². The molecule has 1 aliphatic heterocycles. The molecule has 1 aliphatic rings. The fourth-order valence-electron chi connectivity index (χ4n) is 1.96. The number of carbonyl (C=O) groups excluding carboxylic acids is 1. The van der Waals surface area contributed by atoms with Crippen LogP contribution in [-0.4, -0.2) is 19.0 Å². The monoisotopic (exact) mass is 290 g/mol. The number of carbonyl (C=O) groups is 1. The molecule has 0 unspecified atom stereocenters. The van der Waals surface area contributed by atoms with Gasteiger partial charge in [-0.05, 0) is 31.5 Å². The Morgan fingerprint density at radius 3 is 2.61 bits per heavy atom. The molecule has 18 heavy (non-hydrogen) atoms. The lowest BCUT2D eigenvalue weighted by atomic mass is 9.99. The zero-order valence-electron chi connectivity index (χ0n) is 9.60. The molecule has 0 spiro atoms. The minimum atomic E-state index is -0.526. The highest BCUT2D eigenvalue weighted by molar-refractivity contribution is 6.39. The van der Waals surface area contributed by atoms with E-state index in [4.69, 9.17) is 23.2 Å². The van der Waals surface area contributed by atoms with Gasteiger partial charge in [-0.2, -0.15) is 0 Å². The van der Waals surface area contributed by atoms with Crippen molar-refractivity contribution < 1.29 is 9.18 Å². The van der Waals surface area contributed by atoms with Crippen molar-refractivity contribution in [3.8, 4) is 0 Å². The van der Waals surface area contributed by atoms with E-state index >= 15 is 0 Å². The van der Waals surface area contributed by atoms with E-state index in [1.165, 1.54) is 0 Å². The Morgan fingerprint density at radius 2 is 2.06 bits per heavy atom. The molecule has 1 saturated heterocycles. The second-order valence-electron chi connectivity index (χ2n) is 4.28. The van der Waals surface area contributed by atoms with E-state index in [1.807, 2.05) is 0 Å². The third kappa shape index (κ3) is 3.13. The normalized spacial score (nSPS) is 19.6.